The molecule has 0 unspecified atom stereocenters. The Morgan fingerprint density at radius 2 is 1.82 bits per heavy atom. The summed E-state index contributed by atoms with van der Waals surface area (Å²) in [7, 11) is 0. The number of benzene rings is 1. The van der Waals surface area contributed by atoms with Crippen molar-refractivity contribution in [2.24, 2.45) is 0 Å². The zero-order valence-corrected chi connectivity index (χ0v) is 16.6. The molecule has 1 aromatic carbocycles. The van der Waals surface area contributed by atoms with Crippen LogP contribution in [-0.4, -0.2) is 35.6 Å². The van der Waals surface area contributed by atoms with E-state index in [2.05, 4.69) is 45.0 Å². The molecule has 4 rings (SSSR count). The fraction of sp³-hybridized carbons (Fsp3) is 0.304. The van der Waals surface area contributed by atoms with Crippen molar-refractivity contribution in [1.82, 2.24) is 15.3 Å². The molecule has 3 aromatic rings. The maximum atomic E-state index is 4.36. The predicted octanol–water partition coefficient (Wildman–Crippen LogP) is 4.81. The number of rotatable bonds is 5. The average molecular weight is 382 g/mol. The van der Waals surface area contributed by atoms with Gasteiger partial charge in [0.15, 0.2) is 0 Å². The predicted molar refractivity (Wildman–Crippen MR) is 123 cm³/mol. The molecule has 2 aromatic heterocycles. The highest BCUT2D eigenvalue weighted by atomic mass is 15.1. The van der Waals surface area contributed by atoms with Crippen LogP contribution in [0.3, 0.4) is 0 Å². The van der Waals surface area contributed by atoms with Crippen LogP contribution in [0.2, 0.25) is 0 Å². The Bertz CT molecular complexity index is 807. The van der Waals surface area contributed by atoms with Gasteiger partial charge in [0.25, 0.3) is 0 Å². The number of hydrogen-bond acceptors (Lipinski definition) is 5. The zero-order valence-electron chi connectivity index (χ0n) is 16.6. The number of aromatic nitrogens is 2. The van der Waals surface area contributed by atoms with Gasteiger partial charge in [-0.05, 0) is 36.6 Å². The van der Waals surface area contributed by atoms with E-state index < -0.39 is 0 Å². The quantitative estimate of drug-likeness (QED) is 0.592. The van der Waals surface area contributed by atoms with E-state index >= 15 is 0 Å². The van der Waals surface area contributed by atoms with E-state index in [1.165, 1.54) is 5.56 Å². The van der Waals surface area contributed by atoms with Gasteiger partial charge < -0.3 is 16.0 Å². The summed E-state index contributed by atoms with van der Waals surface area (Å²) in [5, 5.41) is 10.4. The van der Waals surface area contributed by atoms with E-state index in [9.17, 15) is 0 Å². The molecular weight excluding hydrogens is 346 g/mol. The molecule has 28 heavy (non-hydrogen) atoms. The summed E-state index contributed by atoms with van der Waals surface area (Å²) in [6, 6.07) is 20.6. The fourth-order valence-electron chi connectivity index (χ4n) is 3.01. The van der Waals surface area contributed by atoms with Gasteiger partial charge in [0, 0.05) is 42.0 Å². The number of fused-ring (bicyclic) bond motifs is 1. The Morgan fingerprint density at radius 1 is 1.07 bits per heavy atom. The van der Waals surface area contributed by atoms with E-state index in [4.69, 9.17) is 0 Å². The molecular formula is C23H35N5. The second-order valence-corrected chi connectivity index (χ2v) is 7.07. The fourth-order valence-corrected chi connectivity index (χ4v) is 3.01. The highest BCUT2D eigenvalue weighted by Crippen LogP contribution is 2.22. The van der Waals surface area contributed by atoms with Crippen LogP contribution in [0.5, 0.6) is 0 Å². The monoisotopic (exact) mass is 381 g/mol. The van der Waals surface area contributed by atoms with E-state index in [1.54, 1.807) is 0 Å². The van der Waals surface area contributed by atoms with Gasteiger partial charge in [-0.25, -0.2) is 4.98 Å². The molecule has 1 aliphatic rings. The molecule has 0 aliphatic carbocycles. The largest absolute Gasteiger partial charge is 0.380 e. The summed E-state index contributed by atoms with van der Waals surface area (Å²) in [4.78, 5) is 8.72. The van der Waals surface area contributed by atoms with E-state index in [-0.39, 0.29) is 4.28 Å². The Labute approximate surface area is 172 Å². The maximum absolute atomic E-state index is 4.36. The Hall–Kier alpha value is -2.92. The molecule has 0 fully saturated rings. The average Bonchev–Trinajstić information content (AvgIpc) is 2.76. The summed E-state index contributed by atoms with van der Waals surface area (Å²) in [5.41, 5.74) is 3.42. The van der Waals surface area contributed by atoms with Crippen molar-refractivity contribution < 1.29 is 4.28 Å². The number of pyridine rings is 2. The molecule has 0 spiro atoms. The van der Waals surface area contributed by atoms with E-state index in [1.807, 2.05) is 67.8 Å². The molecule has 0 saturated heterocycles. The third kappa shape index (κ3) is 6.06. The minimum absolute atomic E-state index is 0. The van der Waals surface area contributed by atoms with Gasteiger partial charge in [0.05, 0.1) is 11.7 Å². The molecule has 5 nitrogen and oxygen atoms in total. The van der Waals surface area contributed by atoms with Crippen LogP contribution in [0.15, 0.2) is 73.1 Å². The van der Waals surface area contributed by atoms with Crippen LogP contribution in [0.1, 0.15) is 28.4 Å². The van der Waals surface area contributed by atoms with Gasteiger partial charge in [-0.15, -0.1) is 0 Å². The summed E-state index contributed by atoms with van der Waals surface area (Å²) < 4.78 is 0. The van der Waals surface area contributed by atoms with Crippen LogP contribution in [0.4, 0.5) is 11.5 Å². The van der Waals surface area contributed by atoms with Crippen molar-refractivity contribution in [2.45, 2.75) is 25.8 Å². The summed E-state index contributed by atoms with van der Waals surface area (Å²) in [5.74, 6) is 1.39. The zero-order chi connectivity index (χ0) is 19.6. The third-order valence-electron chi connectivity index (χ3n) is 4.70. The van der Waals surface area contributed by atoms with Gasteiger partial charge in [0.1, 0.15) is 5.82 Å². The first kappa shape index (κ1) is 19.8. The number of anilines is 2. The van der Waals surface area contributed by atoms with E-state index in [0.717, 1.165) is 36.8 Å². The van der Waals surface area contributed by atoms with E-state index in [0.29, 0.717) is 12.0 Å². The van der Waals surface area contributed by atoms with Gasteiger partial charge >= 0.3 is 0 Å². The lowest BCUT2D eigenvalue weighted by atomic mass is 10.0. The SMILES string of the molecule is Cc1ccc([C@@H](C)CNC[C@H]2CNc3cccnc3N2)cn1.[HH].[HH].[HH].c1ccccc1. The topological polar surface area (TPSA) is 61.9 Å². The normalized spacial score (nSPS) is 15.9. The molecule has 0 saturated carbocycles. The Kier molecular flexibility index (Phi) is 7.38. The van der Waals surface area contributed by atoms with Crippen molar-refractivity contribution in [3.63, 3.8) is 0 Å². The first-order valence-corrected chi connectivity index (χ1v) is 9.81. The van der Waals surface area contributed by atoms with Crippen LogP contribution in [0.25, 0.3) is 0 Å². The summed E-state index contributed by atoms with van der Waals surface area (Å²) in [6.07, 6.45) is 3.79. The molecule has 5 heteroatoms. The molecule has 3 heterocycles. The van der Waals surface area contributed by atoms with Crippen LogP contribution in [0, 0.1) is 6.92 Å². The molecule has 0 radical (unpaired) electrons. The van der Waals surface area contributed by atoms with Crippen molar-refractivity contribution in [3.8, 4) is 0 Å². The van der Waals surface area contributed by atoms with Gasteiger partial charge in [-0.2, -0.15) is 0 Å². The maximum Gasteiger partial charge on any atom is 0.149 e. The number of nitrogens with one attached hydrogen (secondary N) is 3. The minimum atomic E-state index is 0. The molecule has 2 atom stereocenters. The second kappa shape index (κ2) is 10.4. The smallest absolute Gasteiger partial charge is 0.149 e. The molecule has 0 bridgehead atoms. The number of hydrogen-bond donors (Lipinski definition) is 3. The van der Waals surface area contributed by atoms with Crippen LogP contribution in [-0.2, 0) is 0 Å². The third-order valence-corrected chi connectivity index (χ3v) is 4.70. The van der Waals surface area contributed by atoms with Gasteiger partial charge in [-0.3, -0.25) is 4.98 Å². The highest BCUT2D eigenvalue weighted by molar-refractivity contribution is 5.66. The van der Waals surface area contributed by atoms with Crippen molar-refractivity contribution in [3.05, 3.63) is 84.3 Å². The molecule has 1 aliphatic heterocycles. The Balaban J connectivity index is 0.000000872. The summed E-state index contributed by atoms with van der Waals surface area (Å²) >= 11 is 0. The molecule has 152 valence electrons. The first-order valence-electron chi connectivity index (χ1n) is 9.81. The van der Waals surface area contributed by atoms with Crippen molar-refractivity contribution >= 4 is 11.5 Å². The molecule has 0 amide bonds. The first-order chi connectivity index (χ1) is 13.7. The van der Waals surface area contributed by atoms with Crippen molar-refractivity contribution in [1.29, 1.82) is 0 Å². The lowest BCUT2D eigenvalue weighted by Gasteiger charge is -2.28. The second-order valence-electron chi connectivity index (χ2n) is 7.07. The van der Waals surface area contributed by atoms with Crippen molar-refractivity contribution in [2.75, 3.05) is 30.3 Å². The lowest BCUT2D eigenvalue weighted by molar-refractivity contribution is 0.571. The highest BCUT2D eigenvalue weighted by Gasteiger charge is 2.17. The lowest BCUT2D eigenvalue weighted by Crippen LogP contribution is -2.42. The van der Waals surface area contributed by atoms with Gasteiger partial charge in [-0.1, -0.05) is 49.4 Å². The molecule has 3 N–H and O–H groups in total. The Morgan fingerprint density at radius 3 is 2.50 bits per heavy atom. The van der Waals surface area contributed by atoms with Crippen LogP contribution < -0.4 is 16.0 Å². The number of aryl methyl sites for hydroxylation is 1. The summed E-state index contributed by atoms with van der Waals surface area (Å²) in [6.45, 7) is 7.00. The number of nitrogens with zero attached hydrogens (tertiary/aromatic N) is 2. The van der Waals surface area contributed by atoms with Gasteiger partial charge in [0.2, 0.25) is 0 Å². The standard InChI is InChI=1S/C17H23N5.C6H6.3H2/c1-12(14-6-5-13(2)20-9-14)8-18-10-15-11-21-16-4-3-7-19-17(16)22-15;1-2-4-6-5-3-1;;;/h3-7,9,12,15,18,21H,8,10-11H2,1-2H3,(H,19,22);1-6H;3*1H/t12-,15-;;;;/m0..../s1. The minimum Gasteiger partial charge on any atom is -0.380 e. The van der Waals surface area contributed by atoms with Crippen LogP contribution >= 0.6 is 0 Å².